The number of hydrogen-bond donors (Lipinski definition) is 0. The molecule has 1 aliphatic heterocycles. The van der Waals surface area contributed by atoms with E-state index in [1.54, 1.807) is 5.46 Å². The molecule has 2 heterocycles. The summed E-state index contributed by atoms with van der Waals surface area (Å²) in [6, 6.07) is 28.0. The molecule has 0 saturated heterocycles. The topological polar surface area (TPSA) is 0 Å². The second-order valence-electron chi connectivity index (χ2n) is 11.1. The van der Waals surface area contributed by atoms with Crippen LogP contribution in [0.3, 0.4) is 0 Å². The standard InChI is InChI=1S/C33H33BS/c1-19(2)22-15-25(20(3)4)33(26(16-22)21(5)6)34-29-13-9-7-11-23(29)27-17-28-24-12-8-10-14-31(24)35-32(28)18-30(27)34/h7-21H,1-6H3. The van der Waals surface area contributed by atoms with Crippen molar-refractivity contribution >= 4 is 54.6 Å². The molecule has 5 aromatic rings. The van der Waals surface area contributed by atoms with Crippen molar-refractivity contribution in [3.8, 4) is 11.1 Å². The van der Waals surface area contributed by atoms with Gasteiger partial charge in [-0.3, -0.25) is 0 Å². The Bertz CT molecular complexity index is 1560. The molecule has 0 amide bonds. The van der Waals surface area contributed by atoms with E-state index in [9.17, 15) is 0 Å². The Morgan fingerprint density at radius 3 is 1.91 bits per heavy atom. The van der Waals surface area contributed by atoms with Crippen LogP contribution in [0.1, 0.15) is 76.0 Å². The van der Waals surface area contributed by atoms with E-state index in [1.807, 2.05) is 11.3 Å². The Hall–Kier alpha value is -2.84. The largest absolute Gasteiger partial charge is 0.243 e. The van der Waals surface area contributed by atoms with Crippen molar-refractivity contribution in [1.29, 1.82) is 0 Å². The Morgan fingerprint density at radius 2 is 1.23 bits per heavy atom. The minimum absolute atomic E-state index is 0.284. The van der Waals surface area contributed by atoms with E-state index in [0.717, 1.165) is 0 Å². The molecular formula is C33H33BS. The zero-order chi connectivity index (χ0) is 24.4. The maximum atomic E-state index is 2.52. The van der Waals surface area contributed by atoms with Crippen molar-refractivity contribution in [1.82, 2.24) is 0 Å². The lowest BCUT2D eigenvalue weighted by molar-refractivity contribution is 0.812. The molecule has 6 rings (SSSR count). The highest BCUT2D eigenvalue weighted by molar-refractivity contribution is 7.26. The van der Waals surface area contributed by atoms with Gasteiger partial charge < -0.3 is 0 Å². The smallest absolute Gasteiger partial charge is 0.135 e. The van der Waals surface area contributed by atoms with Gasteiger partial charge in [0.1, 0.15) is 0 Å². The average Bonchev–Trinajstić information content (AvgIpc) is 3.36. The van der Waals surface area contributed by atoms with Gasteiger partial charge in [-0.1, -0.05) is 113 Å². The molecule has 35 heavy (non-hydrogen) atoms. The van der Waals surface area contributed by atoms with E-state index < -0.39 is 0 Å². The first-order chi connectivity index (χ1) is 16.8. The number of hydrogen-bond acceptors (Lipinski definition) is 1. The normalized spacial score (nSPS) is 13.0. The molecule has 1 aromatic heterocycles. The molecule has 0 bridgehead atoms. The SMILES string of the molecule is CC(C)c1cc(C(C)C)c(B2c3ccccc3-c3cc4c(cc32)sc2ccccc24)c(C(C)C)c1. The minimum Gasteiger partial charge on any atom is -0.135 e. The predicted octanol–water partition coefficient (Wildman–Crippen LogP) is 7.92. The summed E-state index contributed by atoms with van der Waals surface area (Å²) in [6.07, 6.45) is 0. The first kappa shape index (κ1) is 22.6. The second kappa shape index (κ2) is 8.38. The molecule has 0 fully saturated rings. The van der Waals surface area contributed by atoms with Crippen LogP contribution in [-0.2, 0) is 0 Å². The molecule has 0 saturated carbocycles. The van der Waals surface area contributed by atoms with E-state index >= 15 is 0 Å². The summed E-state index contributed by atoms with van der Waals surface area (Å²) in [7, 11) is 0. The van der Waals surface area contributed by atoms with Crippen LogP contribution in [0.5, 0.6) is 0 Å². The minimum atomic E-state index is 0.284. The molecule has 0 radical (unpaired) electrons. The maximum absolute atomic E-state index is 2.52. The number of fused-ring (bicyclic) bond motifs is 6. The third kappa shape index (κ3) is 3.49. The fourth-order valence-electron chi connectivity index (χ4n) is 6.08. The molecule has 0 N–H and O–H groups in total. The average molecular weight is 473 g/mol. The van der Waals surface area contributed by atoms with Gasteiger partial charge in [-0.2, -0.15) is 0 Å². The van der Waals surface area contributed by atoms with Crippen LogP contribution >= 0.6 is 11.3 Å². The number of thiophene rings is 1. The van der Waals surface area contributed by atoms with Gasteiger partial charge in [-0.25, -0.2) is 0 Å². The summed E-state index contributed by atoms with van der Waals surface area (Å²) in [5, 5.41) is 2.77. The molecule has 0 atom stereocenters. The first-order valence-corrected chi connectivity index (χ1v) is 13.9. The molecule has 0 unspecified atom stereocenters. The third-order valence-electron chi connectivity index (χ3n) is 7.89. The van der Waals surface area contributed by atoms with Crippen LogP contribution in [-0.4, -0.2) is 6.71 Å². The van der Waals surface area contributed by atoms with Crippen molar-refractivity contribution in [3.05, 3.63) is 89.5 Å². The van der Waals surface area contributed by atoms with Gasteiger partial charge in [0.05, 0.1) is 0 Å². The fourth-order valence-corrected chi connectivity index (χ4v) is 7.21. The van der Waals surface area contributed by atoms with Crippen LogP contribution < -0.4 is 16.4 Å². The van der Waals surface area contributed by atoms with Crippen molar-refractivity contribution in [2.75, 3.05) is 0 Å². The van der Waals surface area contributed by atoms with Crippen molar-refractivity contribution in [3.63, 3.8) is 0 Å². The van der Waals surface area contributed by atoms with Crippen LogP contribution in [0.2, 0.25) is 0 Å². The highest BCUT2D eigenvalue weighted by Gasteiger charge is 2.37. The van der Waals surface area contributed by atoms with E-state index in [1.165, 1.54) is 58.9 Å². The lowest BCUT2D eigenvalue weighted by Gasteiger charge is -2.26. The molecule has 0 spiro atoms. The van der Waals surface area contributed by atoms with Crippen LogP contribution in [0.15, 0.2) is 72.8 Å². The predicted molar refractivity (Wildman–Crippen MR) is 158 cm³/mol. The van der Waals surface area contributed by atoms with E-state index in [4.69, 9.17) is 0 Å². The fraction of sp³-hybridized carbons (Fsp3) is 0.273. The highest BCUT2D eigenvalue weighted by Crippen LogP contribution is 2.37. The van der Waals surface area contributed by atoms with Gasteiger partial charge in [-0.15, -0.1) is 11.3 Å². The second-order valence-corrected chi connectivity index (χ2v) is 12.2. The molecule has 0 nitrogen and oxygen atoms in total. The van der Waals surface area contributed by atoms with Crippen LogP contribution in [0.25, 0.3) is 31.3 Å². The Balaban J connectivity index is 1.70. The molecule has 174 valence electrons. The molecule has 2 heteroatoms. The van der Waals surface area contributed by atoms with E-state index in [2.05, 4.69) is 114 Å². The number of benzene rings is 4. The van der Waals surface area contributed by atoms with Gasteiger partial charge in [-0.05, 0) is 63.8 Å². The van der Waals surface area contributed by atoms with Gasteiger partial charge in [0.15, 0.2) is 0 Å². The van der Waals surface area contributed by atoms with Crippen LogP contribution in [0.4, 0.5) is 0 Å². The third-order valence-corrected chi connectivity index (χ3v) is 9.02. The summed E-state index contributed by atoms with van der Waals surface area (Å²) >= 11 is 1.93. The van der Waals surface area contributed by atoms with E-state index in [-0.39, 0.29) is 6.71 Å². The molecule has 1 aliphatic rings. The number of rotatable bonds is 4. The highest BCUT2D eigenvalue weighted by atomic mass is 32.1. The maximum Gasteiger partial charge on any atom is 0.243 e. The Labute approximate surface area is 214 Å². The van der Waals surface area contributed by atoms with Gasteiger partial charge in [0.25, 0.3) is 0 Å². The lowest BCUT2D eigenvalue weighted by Crippen LogP contribution is -2.52. The van der Waals surface area contributed by atoms with Gasteiger partial charge >= 0.3 is 0 Å². The van der Waals surface area contributed by atoms with Crippen molar-refractivity contribution in [2.24, 2.45) is 0 Å². The van der Waals surface area contributed by atoms with Gasteiger partial charge in [0.2, 0.25) is 6.71 Å². The van der Waals surface area contributed by atoms with Gasteiger partial charge in [0, 0.05) is 20.2 Å². The Kier molecular flexibility index (Phi) is 5.42. The molecular weight excluding hydrogens is 439 g/mol. The molecule has 0 aliphatic carbocycles. The molecule has 4 aromatic carbocycles. The summed E-state index contributed by atoms with van der Waals surface area (Å²) in [6.45, 7) is 14.4. The first-order valence-electron chi connectivity index (χ1n) is 13.1. The Morgan fingerprint density at radius 1 is 0.571 bits per heavy atom. The summed E-state index contributed by atoms with van der Waals surface area (Å²) in [5.41, 5.74) is 11.8. The van der Waals surface area contributed by atoms with E-state index in [0.29, 0.717) is 17.8 Å². The summed E-state index contributed by atoms with van der Waals surface area (Å²) in [4.78, 5) is 0. The van der Waals surface area contributed by atoms with Crippen LogP contribution in [0, 0.1) is 0 Å². The monoisotopic (exact) mass is 472 g/mol. The lowest BCUT2D eigenvalue weighted by atomic mass is 9.36. The van der Waals surface area contributed by atoms with Crippen molar-refractivity contribution in [2.45, 2.75) is 59.3 Å². The zero-order valence-electron chi connectivity index (χ0n) is 21.6. The quantitative estimate of drug-likeness (QED) is 0.229. The summed E-state index contributed by atoms with van der Waals surface area (Å²) < 4.78 is 2.78. The summed E-state index contributed by atoms with van der Waals surface area (Å²) in [5.74, 6) is 1.48. The zero-order valence-corrected chi connectivity index (χ0v) is 22.5. The van der Waals surface area contributed by atoms with Crippen molar-refractivity contribution < 1.29 is 0 Å².